The quantitative estimate of drug-likeness (QED) is 0.0264. The summed E-state index contributed by atoms with van der Waals surface area (Å²) in [7, 11) is 0. The van der Waals surface area contributed by atoms with Crippen LogP contribution in [0.1, 0.15) is 104 Å². The van der Waals surface area contributed by atoms with E-state index in [1.165, 1.54) is 0 Å². The number of nitrogens with one attached hydrogen (secondary N) is 2. The second-order valence-electron chi connectivity index (χ2n) is 12.8. The molecule has 2 atom stereocenters. The summed E-state index contributed by atoms with van der Waals surface area (Å²) in [5.41, 5.74) is 0. The van der Waals surface area contributed by atoms with Gasteiger partial charge >= 0.3 is 49.7 Å². The third kappa shape index (κ3) is 32.3. The summed E-state index contributed by atoms with van der Waals surface area (Å²) in [6, 6.07) is 0. The minimum Gasteiger partial charge on any atom is -0.550 e. The van der Waals surface area contributed by atoms with E-state index < -0.39 is 23.9 Å². The third-order valence-corrected chi connectivity index (χ3v) is 8.66. The molecule has 0 aromatic heterocycles. The number of nitrogens with zero attached hydrogens (tertiary/aromatic N) is 2. The summed E-state index contributed by atoms with van der Waals surface area (Å²) in [4.78, 5) is 66.9. The Hall–Kier alpha value is -2.08. The number of aliphatic hydroxyl groups is 2. The Labute approximate surface area is 333 Å². The predicted molar refractivity (Wildman–Crippen MR) is 187 cm³/mol. The molecule has 2 amide bonds. The number of amides is 2. The van der Waals surface area contributed by atoms with E-state index in [2.05, 4.69) is 24.5 Å². The molecule has 6 N–H and O–H groups in total. The smallest absolute Gasteiger partial charge is 0.550 e. The van der Waals surface area contributed by atoms with Crippen LogP contribution in [0, 0.1) is 0 Å². The number of aliphatic carboxylic acids is 4. The number of carbonyl (C=O) groups excluding carboxylic acids is 4. The molecule has 0 spiro atoms. The standard InChI is InChI=1S/2C17H32N2O6.Ca/c2*1-2-3-4-5-6-15(21)18-9-12-19(13-14-20,10-7-16(22)23)11-8-17(24)25;/h2*20H,2-14H2,1H3,(H2-,18,21,22,23,24,25);/q;;+2. The molecule has 0 radical (unpaired) electrons. The summed E-state index contributed by atoms with van der Waals surface area (Å²) in [6.07, 6.45) is 8.31. The Balaban J connectivity index is -0.000000886. The van der Waals surface area contributed by atoms with Crippen molar-refractivity contribution in [1.82, 2.24) is 10.6 Å². The summed E-state index contributed by atoms with van der Waals surface area (Å²) in [5, 5.41) is 63.5. The Morgan fingerprint density at radius 3 is 1.10 bits per heavy atom. The minimum atomic E-state index is -1.21. The normalized spacial score (nSPS) is 12.9. The molecular formula is C34H64CaN4O12+2. The molecule has 0 saturated heterocycles. The number of aliphatic hydroxyl groups excluding tert-OH is 2. The van der Waals surface area contributed by atoms with E-state index in [0.717, 1.165) is 51.4 Å². The van der Waals surface area contributed by atoms with Crippen molar-refractivity contribution in [2.24, 2.45) is 0 Å². The topological polar surface area (TPSA) is 254 Å². The molecule has 0 aromatic carbocycles. The molecule has 0 aromatic rings. The number of unbranched alkanes of at least 4 members (excludes halogenated alkanes) is 6. The SMILES string of the molecule is CCCCCCC(=O)NCC[N+](CCO)(CCC(=O)[O-])CCC(=O)O.CCCCCCC(=O)NCC[N+](CCO)(CCC(=O)[O-])CCC(=O)O.[Ca+2]. The van der Waals surface area contributed by atoms with Gasteiger partial charge in [0.05, 0.1) is 78.4 Å². The van der Waals surface area contributed by atoms with E-state index in [0.29, 0.717) is 39.0 Å². The third-order valence-electron chi connectivity index (χ3n) is 8.66. The van der Waals surface area contributed by atoms with Gasteiger partial charge in [0.2, 0.25) is 11.8 Å². The fraction of sp³-hybridized carbons (Fsp3) is 0.824. The van der Waals surface area contributed by atoms with Crippen LogP contribution in [0.15, 0.2) is 0 Å². The van der Waals surface area contributed by atoms with Gasteiger partial charge in [-0.25, -0.2) is 0 Å². The molecule has 2 unspecified atom stereocenters. The van der Waals surface area contributed by atoms with Crippen molar-refractivity contribution in [2.45, 2.75) is 104 Å². The molecule has 0 fully saturated rings. The zero-order valence-corrected chi connectivity index (χ0v) is 33.2. The molecule has 0 saturated carbocycles. The van der Waals surface area contributed by atoms with Gasteiger partial charge in [-0.1, -0.05) is 52.4 Å². The van der Waals surface area contributed by atoms with Crippen molar-refractivity contribution in [3.05, 3.63) is 0 Å². The predicted octanol–water partition coefficient (Wildman–Crippen LogP) is -1.39. The Bertz CT molecular complexity index is 875. The maximum absolute atomic E-state index is 11.8. The van der Waals surface area contributed by atoms with Crippen LogP contribution >= 0.6 is 0 Å². The maximum Gasteiger partial charge on any atom is 2.00 e. The first kappa shape index (κ1) is 53.3. The van der Waals surface area contributed by atoms with Gasteiger partial charge in [0, 0.05) is 37.6 Å². The van der Waals surface area contributed by atoms with Crippen molar-refractivity contribution >= 4 is 73.4 Å². The van der Waals surface area contributed by atoms with E-state index in [9.17, 15) is 49.2 Å². The van der Waals surface area contributed by atoms with Crippen LogP contribution in [0.25, 0.3) is 0 Å². The van der Waals surface area contributed by atoms with Gasteiger partial charge < -0.3 is 59.8 Å². The number of carboxylic acids is 4. The number of rotatable bonds is 32. The molecule has 0 aliphatic carbocycles. The van der Waals surface area contributed by atoms with E-state index in [-0.39, 0.29) is 137 Å². The fourth-order valence-electron chi connectivity index (χ4n) is 5.55. The number of hydrogen-bond acceptors (Lipinski definition) is 10. The van der Waals surface area contributed by atoms with Gasteiger partial charge in [0.25, 0.3) is 0 Å². The second-order valence-corrected chi connectivity index (χ2v) is 12.8. The zero-order valence-electron chi connectivity index (χ0n) is 31.0. The maximum atomic E-state index is 11.8. The first-order valence-electron chi connectivity index (χ1n) is 18.0. The van der Waals surface area contributed by atoms with E-state index in [4.69, 9.17) is 10.2 Å². The van der Waals surface area contributed by atoms with Crippen LogP contribution in [-0.2, 0) is 28.8 Å². The van der Waals surface area contributed by atoms with Gasteiger partial charge in [-0.05, 0) is 12.8 Å². The molecule has 0 bridgehead atoms. The molecule has 16 nitrogen and oxygen atoms in total. The summed E-state index contributed by atoms with van der Waals surface area (Å²) in [5.74, 6) is -4.50. The van der Waals surface area contributed by atoms with E-state index in [1.54, 1.807) is 0 Å². The van der Waals surface area contributed by atoms with E-state index >= 15 is 0 Å². The van der Waals surface area contributed by atoms with Crippen LogP contribution in [0.3, 0.4) is 0 Å². The number of carbonyl (C=O) groups is 6. The monoisotopic (exact) mass is 760 g/mol. The van der Waals surface area contributed by atoms with Gasteiger partial charge in [0.15, 0.2) is 0 Å². The minimum absolute atomic E-state index is 0. The largest absolute Gasteiger partial charge is 2.00 e. The zero-order chi connectivity index (χ0) is 38.3. The van der Waals surface area contributed by atoms with Crippen LogP contribution in [0.2, 0.25) is 0 Å². The van der Waals surface area contributed by atoms with Gasteiger partial charge in [0.1, 0.15) is 13.1 Å². The Morgan fingerprint density at radius 2 is 0.824 bits per heavy atom. The average Bonchev–Trinajstić information content (AvgIpc) is 3.05. The summed E-state index contributed by atoms with van der Waals surface area (Å²) in [6.45, 7) is 6.46. The van der Waals surface area contributed by atoms with Gasteiger partial charge in [-0.3, -0.25) is 19.2 Å². The molecule has 0 rings (SSSR count). The molecular weight excluding hydrogens is 696 g/mol. The molecule has 51 heavy (non-hydrogen) atoms. The Morgan fingerprint density at radius 1 is 0.490 bits per heavy atom. The fourth-order valence-corrected chi connectivity index (χ4v) is 5.55. The van der Waals surface area contributed by atoms with Crippen molar-refractivity contribution in [3.63, 3.8) is 0 Å². The van der Waals surface area contributed by atoms with Gasteiger partial charge in [-0.15, -0.1) is 0 Å². The number of hydrogen-bond donors (Lipinski definition) is 6. The number of carboxylic acid groups (broad SMARTS) is 4. The summed E-state index contributed by atoms with van der Waals surface area (Å²) >= 11 is 0. The molecule has 0 aliphatic rings. The van der Waals surface area contributed by atoms with Crippen molar-refractivity contribution in [1.29, 1.82) is 0 Å². The van der Waals surface area contributed by atoms with Crippen molar-refractivity contribution < 1.29 is 68.4 Å². The Kier molecular flexibility index (Phi) is 35.2. The van der Waals surface area contributed by atoms with Crippen LogP contribution in [0.4, 0.5) is 0 Å². The average molecular weight is 761 g/mol. The summed E-state index contributed by atoms with van der Waals surface area (Å²) < 4.78 is 0.264. The van der Waals surface area contributed by atoms with E-state index in [1.807, 2.05) is 0 Å². The number of quaternary nitrogens is 2. The van der Waals surface area contributed by atoms with Gasteiger partial charge in [-0.2, -0.15) is 0 Å². The van der Waals surface area contributed by atoms with Crippen LogP contribution < -0.4 is 20.8 Å². The molecule has 0 heterocycles. The second kappa shape index (κ2) is 33.7. The molecule has 17 heteroatoms. The van der Waals surface area contributed by atoms with Crippen LogP contribution in [-0.4, -0.2) is 181 Å². The molecule has 292 valence electrons. The van der Waals surface area contributed by atoms with Crippen LogP contribution in [0.5, 0.6) is 0 Å². The van der Waals surface area contributed by atoms with Crippen molar-refractivity contribution in [2.75, 3.05) is 78.7 Å². The molecule has 0 aliphatic heterocycles. The van der Waals surface area contributed by atoms with Crippen molar-refractivity contribution in [3.8, 4) is 0 Å². The first-order valence-corrected chi connectivity index (χ1v) is 18.0. The first-order chi connectivity index (χ1) is 23.7.